The van der Waals surface area contributed by atoms with Crippen LogP contribution in [0.4, 0.5) is 0 Å². The van der Waals surface area contributed by atoms with E-state index in [1.807, 2.05) is 0 Å². The summed E-state index contributed by atoms with van der Waals surface area (Å²) in [5.41, 5.74) is 0.0645. The molecule has 19 heavy (non-hydrogen) atoms. The molecule has 0 spiro atoms. The molecule has 2 fully saturated rings. The van der Waals surface area contributed by atoms with Gasteiger partial charge in [0.15, 0.2) is 0 Å². The first kappa shape index (κ1) is 12.6. The number of carbonyl (C=O) groups excluding carboxylic acids is 1. The molecular formula is C13H20N4O2. The quantitative estimate of drug-likeness (QED) is 0.863. The zero-order chi connectivity index (χ0) is 13.5. The Hall–Kier alpha value is -1.43. The van der Waals surface area contributed by atoms with Crippen LogP contribution < -0.4 is 10.6 Å². The standard InChI is InChI=1S/C13H20N4O2/c1-13(2)6-3-7-14-9(13)12-16-10(17-19-12)11(18)15-8-4-5-8/h8-9,14H,3-7H2,1-2H3,(H,15,18). The third kappa shape index (κ3) is 2.63. The van der Waals surface area contributed by atoms with E-state index in [0.29, 0.717) is 11.9 Å². The fraction of sp³-hybridized carbons (Fsp3) is 0.769. The second-order valence-corrected chi connectivity index (χ2v) is 6.18. The van der Waals surface area contributed by atoms with E-state index in [4.69, 9.17) is 4.52 Å². The van der Waals surface area contributed by atoms with Crippen LogP contribution in [0.3, 0.4) is 0 Å². The van der Waals surface area contributed by atoms with Gasteiger partial charge in [0.05, 0.1) is 6.04 Å². The number of aromatic nitrogens is 2. The SMILES string of the molecule is CC1(C)CCCNC1c1nc(C(=O)NC2CC2)no1. The summed E-state index contributed by atoms with van der Waals surface area (Å²) < 4.78 is 5.28. The van der Waals surface area contributed by atoms with Crippen LogP contribution in [0.25, 0.3) is 0 Å². The molecule has 1 aromatic rings. The van der Waals surface area contributed by atoms with Crippen LogP contribution in [-0.4, -0.2) is 28.6 Å². The average Bonchev–Trinajstić information content (AvgIpc) is 3.03. The van der Waals surface area contributed by atoms with Crippen molar-refractivity contribution < 1.29 is 9.32 Å². The van der Waals surface area contributed by atoms with Crippen LogP contribution in [0.1, 0.15) is 62.1 Å². The third-order valence-corrected chi connectivity index (χ3v) is 3.93. The summed E-state index contributed by atoms with van der Waals surface area (Å²) in [6.45, 7) is 5.30. The summed E-state index contributed by atoms with van der Waals surface area (Å²) in [7, 11) is 0. The van der Waals surface area contributed by atoms with E-state index >= 15 is 0 Å². The van der Waals surface area contributed by atoms with Crippen molar-refractivity contribution in [2.24, 2.45) is 5.41 Å². The van der Waals surface area contributed by atoms with Gasteiger partial charge < -0.3 is 15.2 Å². The van der Waals surface area contributed by atoms with Crippen LogP contribution in [0.2, 0.25) is 0 Å². The first-order chi connectivity index (χ1) is 9.06. The van der Waals surface area contributed by atoms with Gasteiger partial charge >= 0.3 is 0 Å². The Bertz CT molecular complexity index is 479. The molecule has 1 aliphatic heterocycles. The van der Waals surface area contributed by atoms with Crippen LogP contribution in [-0.2, 0) is 0 Å². The number of hydrogen-bond acceptors (Lipinski definition) is 5. The molecule has 0 aromatic carbocycles. The van der Waals surface area contributed by atoms with Crippen molar-refractivity contribution in [2.45, 2.75) is 51.6 Å². The first-order valence-electron chi connectivity index (χ1n) is 6.94. The molecule has 1 saturated heterocycles. The van der Waals surface area contributed by atoms with Crippen molar-refractivity contribution in [3.05, 3.63) is 11.7 Å². The van der Waals surface area contributed by atoms with Crippen molar-refractivity contribution in [2.75, 3.05) is 6.54 Å². The van der Waals surface area contributed by atoms with Gasteiger partial charge in [-0.15, -0.1) is 0 Å². The molecule has 1 atom stereocenters. The van der Waals surface area contributed by atoms with Gasteiger partial charge in [0.1, 0.15) is 0 Å². The molecule has 0 bridgehead atoms. The molecule has 1 saturated carbocycles. The predicted molar refractivity (Wildman–Crippen MR) is 68.5 cm³/mol. The molecule has 1 aromatic heterocycles. The highest BCUT2D eigenvalue weighted by Crippen LogP contribution is 2.39. The Morgan fingerprint density at radius 1 is 1.47 bits per heavy atom. The predicted octanol–water partition coefficient (Wildman–Crippen LogP) is 1.41. The van der Waals surface area contributed by atoms with Crippen LogP contribution >= 0.6 is 0 Å². The molecule has 2 N–H and O–H groups in total. The second-order valence-electron chi connectivity index (χ2n) is 6.18. The van der Waals surface area contributed by atoms with E-state index in [9.17, 15) is 4.79 Å². The Morgan fingerprint density at radius 2 is 2.26 bits per heavy atom. The highest BCUT2D eigenvalue weighted by atomic mass is 16.5. The molecule has 104 valence electrons. The van der Waals surface area contributed by atoms with E-state index in [2.05, 4.69) is 34.6 Å². The van der Waals surface area contributed by atoms with E-state index in [1.54, 1.807) is 0 Å². The van der Waals surface area contributed by atoms with Gasteiger partial charge in [0.2, 0.25) is 5.89 Å². The maximum atomic E-state index is 11.8. The van der Waals surface area contributed by atoms with Gasteiger partial charge in [-0.05, 0) is 37.6 Å². The minimum absolute atomic E-state index is 0.0243. The minimum Gasteiger partial charge on any atom is -0.346 e. The molecule has 6 heteroatoms. The topological polar surface area (TPSA) is 80.0 Å². The highest BCUT2D eigenvalue weighted by Gasteiger charge is 2.37. The first-order valence-corrected chi connectivity index (χ1v) is 6.94. The van der Waals surface area contributed by atoms with Gasteiger partial charge in [-0.2, -0.15) is 4.98 Å². The number of nitrogens with zero attached hydrogens (tertiary/aromatic N) is 2. The van der Waals surface area contributed by atoms with Crippen molar-refractivity contribution in [1.29, 1.82) is 0 Å². The molecule has 1 aliphatic carbocycles. The van der Waals surface area contributed by atoms with Crippen molar-refractivity contribution >= 4 is 5.91 Å². The number of rotatable bonds is 3. The zero-order valence-electron chi connectivity index (χ0n) is 11.4. The summed E-state index contributed by atoms with van der Waals surface area (Å²) in [5, 5.41) is 10.1. The third-order valence-electron chi connectivity index (χ3n) is 3.93. The largest absolute Gasteiger partial charge is 0.346 e. The van der Waals surface area contributed by atoms with Gasteiger partial charge in [-0.1, -0.05) is 19.0 Å². The lowest BCUT2D eigenvalue weighted by Crippen LogP contribution is -2.40. The number of hydrogen-bond donors (Lipinski definition) is 2. The smallest absolute Gasteiger partial charge is 0.292 e. The summed E-state index contributed by atoms with van der Waals surface area (Å²) in [5.74, 6) is 0.432. The summed E-state index contributed by atoms with van der Waals surface area (Å²) in [4.78, 5) is 16.1. The highest BCUT2D eigenvalue weighted by molar-refractivity contribution is 5.90. The zero-order valence-corrected chi connectivity index (χ0v) is 11.4. The summed E-state index contributed by atoms with van der Waals surface area (Å²) in [6.07, 6.45) is 4.35. The van der Waals surface area contributed by atoms with Gasteiger partial charge in [-0.3, -0.25) is 4.79 Å². The lowest BCUT2D eigenvalue weighted by molar-refractivity contribution is 0.0937. The number of piperidine rings is 1. The molecule has 2 aliphatic rings. The Labute approximate surface area is 112 Å². The maximum absolute atomic E-state index is 11.8. The van der Waals surface area contributed by atoms with E-state index in [1.165, 1.54) is 0 Å². The van der Waals surface area contributed by atoms with Crippen molar-refractivity contribution in [3.63, 3.8) is 0 Å². The normalized spacial score (nSPS) is 26.1. The number of carbonyl (C=O) groups is 1. The molecular weight excluding hydrogens is 244 g/mol. The van der Waals surface area contributed by atoms with Crippen molar-refractivity contribution in [1.82, 2.24) is 20.8 Å². The maximum Gasteiger partial charge on any atom is 0.292 e. The van der Waals surface area contributed by atoms with Gasteiger partial charge in [0.25, 0.3) is 11.7 Å². The fourth-order valence-electron chi connectivity index (χ4n) is 2.55. The van der Waals surface area contributed by atoms with Crippen LogP contribution in [0.5, 0.6) is 0 Å². The molecule has 1 unspecified atom stereocenters. The van der Waals surface area contributed by atoms with E-state index < -0.39 is 0 Å². The Morgan fingerprint density at radius 3 is 2.95 bits per heavy atom. The molecule has 6 nitrogen and oxygen atoms in total. The number of nitrogens with one attached hydrogen (secondary N) is 2. The second kappa shape index (κ2) is 4.59. The van der Waals surface area contributed by atoms with Crippen LogP contribution in [0.15, 0.2) is 4.52 Å². The van der Waals surface area contributed by atoms with Crippen LogP contribution in [0, 0.1) is 5.41 Å². The fourth-order valence-corrected chi connectivity index (χ4v) is 2.55. The average molecular weight is 264 g/mol. The Kier molecular flexibility index (Phi) is 3.05. The van der Waals surface area contributed by atoms with Crippen molar-refractivity contribution in [3.8, 4) is 0 Å². The van der Waals surface area contributed by atoms with Gasteiger partial charge in [-0.25, -0.2) is 0 Å². The summed E-state index contributed by atoms with van der Waals surface area (Å²) in [6, 6.07) is 0.329. The monoisotopic (exact) mass is 264 g/mol. The van der Waals surface area contributed by atoms with Gasteiger partial charge in [0, 0.05) is 6.04 Å². The molecule has 0 radical (unpaired) electrons. The lowest BCUT2D eigenvalue weighted by atomic mass is 9.77. The summed E-state index contributed by atoms with van der Waals surface area (Å²) >= 11 is 0. The van der Waals surface area contributed by atoms with E-state index in [0.717, 1.165) is 32.2 Å². The Balaban J connectivity index is 1.74. The van der Waals surface area contributed by atoms with E-state index in [-0.39, 0.29) is 23.2 Å². The number of amides is 1. The molecule has 2 heterocycles. The lowest BCUT2D eigenvalue weighted by Gasteiger charge is -2.36. The molecule has 1 amide bonds. The minimum atomic E-state index is -0.230. The molecule has 3 rings (SSSR count).